The monoisotopic (exact) mass is 207 g/mol. The van der Waals surface area contributed by atoms with Gasteiger partial charge in [0.05, 0.1) is 5.56 Å². The Labute approximate surface area is 85.3 Å². The Kier molecular flexibility index (Phi) is 3.65. The second-order valence-electron chi connectivity index (χ2n) is 2.69. The van der Waals surface area contributed by atoms with Crippen molar-refractivity contribution in [1.82, 2.24) is 0 Å². The van der Waals surface area contributed by atoms with Gasteiger partial charge < -0.3 is 5.73 Å². The summed E-state index contributed by atoms with van der Waals surface area (Å²) in [5.74, 6) is -1.53. The lowest BCUT2D eigenvalue weighted by Crippen LogP contribution is -2.15. The maximum absolute atomic E-state index is 13.2. The molecular weight excluding hydrogens is 199 g/mol. The highest BCUT2D eigenvalue weighted by Crippen LogP contribution is 2.14. The molecule has 0 bridgehead atoms. The molecule has 0 heterocycles. The Bertz CT molecular complexity index is 426. The van der Waals surface area contributed by atoms with Crippen molar-refractivity contribution in [2.24, 2.45) is 10.8 Å². The third kappa shape index (κ3) is 2.69. The zero-order valence-corrected chi connectivity index (χ0v) is 7.72. The molecule has 0 atom stereocenters. The molecule has 0 spiro atoms. The van der Waals surface area contributed by atoms with E-state index in [2.05, 4.69) is 10.0 Å². The van der Waals surface area contributed by atoms with Crippen LogP contribution in [0.2, 0.25) is 0 Å². The van der Waals surface area contributed by atoms with Gasteiger partial charge in [0.1, 0.15) is 5.82 Å². The molecule has 0 saturated carbocycles. The molecule has 0 saturated heterocycles. The summed E-state index contributed by atoms with van der Waals surface area (Å²) < 4.78 is 13.2. The first-order valence-corrected chi connectivity index (χ1v) is 4.09. The lowest BCUT2D eigenvalue weighted by molar-refractivity contribution is 0.0996. The average Bonchev–Trinajstić information content (AvgIpc) is 2.17. The van der Waals surface area contributed by atoms with Crippen molar-refractivity contribution in [3.63, 3.8) is 0 Å². The van der Waals surface area contributed by atoms with Gasteiger partial charge in [0.25, 0.3) is 5.91 Å². The van der Waals surface area contributed by atoms with Crippen LogP contribution in [0.4, 0.5) is 4.39 Å². The zero-order valence-electron chi connectivity index (χ0n) is 7.72. The molecule has 5 nitrogen and oxygen atoms in total. The van der Waals surface area contributed by atoms with Crippen LogP contribution in [-0.2, 0) is 0 Å². The highest BCUT2D eigenvalue weighted by molar-refractivity contribution is 5.95. The van der Waals surface area contributed by atoms with Crippen LogP contribution < -0.4 is 5.73 Å². The number of azide groups is 1. The van der Waals surface area contributed by atoms with Gasteiger partial charge in [0, 0.05) is 11.5 Å². The number of carbonyl (C=O) groups excluding carboxylic acids is 1. The third-order valence-corrected chi connectivity index (χ3v) is 1.75. The van der Waals surface area contributed by atoms with Gasteiger partial charge in [-0.2, -0.15) is 0 Å². The number of carbonyl (C=O) groups is 1. The van der Waals surface area contributed by atoms with Crippen LogP contribution >= 0.6 is 0 Å². The maximum atomic E-state index is 13.2. The molecular formula is C9H8FN4O. The Morgan fingerprint density at radius 2 is 2.40 bits per heavy atom. The summed E-state index contributed by atoms with van der Waals surface area (Å²) in [6.45, 7) is 0.0419. The lowest BCUT2D eigenvalue weighted by atomic mass is 10.0. The van der Waals surface area contributed by atoms with Gasteiger partial charge in [-0.05, 0) is 23.6 Å². The molecule has 2 N–H and O–H groups in total. The largest absolute Gasteiger partial charge is 0.365 e. The number of rotatable bonds is 4. The molecule has 0 aromatic heterocycles. The predicted molar refractivity (Wildman–Crippen MR) is 52.3 cm³/mol. The van der Waals surface area contributed by atoms with Gasteiger partial charge in [-0.25, -0.2) is 4.39 Å². The Morgan fingerprint density at radius 1 is 1.67 bits per heavy atom. The van der Waals surface area contributed by atoms with E-state index in [4.69, 9.17) is 11.3 Å². The fraction of sp³-hybridized carbons (Fsp3) is 0.111. The summed E-state index contributed by atoms with van der Waals surface area (Å²) >= 11 is 0. The number of hydrogen-bond acceptors (Lipinski definition) is 2. The number of amides is 1. The first-order valence-electron chi connectivity index (χ1n) is 4.09. The normalized spacial score (nSPS) is 9.40. The molecule has 0 aliphatic heterocycles. The zero-order chi connectivity index (χ0) is 11.3. The minimum atomic E-state index is -0.847. The van der Waals surface area contributed by atoms with E-state index in [9.17, 15) is 9.18 Å². The van der Waals surface area contributed by atoms with Crippen LogP contribution in [0.15, 0.2) is 23.3 Å². The summed E-state index contributed by atoms with van der Waals surface area (Å²) in [5, 5.41) is 3.25. The van der Waals surface area contributed by atoms with Crippen molar-refractivity contribution in [2.45, 2.75) is 0 Å². The molecule has 0 unspecified atom stereocenters. The molecule has 1 aromatic carbocycles. The molecule has 0 aliphatic carbocycles. The van der Waals surface area contributed by atoms with E-state index in [-0.39, 0.29) is 12.1 Å². The van der Waals surface area contributed by atoms with E-state index in [1.807, 2.05) is 0 Å². The second kappa shape index (κ2) is 4.97. The number of nitrogens with zero attached hydrogens (tertiary/aromatic N) is 3. The van der Waals surface area contributed by atoms with Crippen LogP contribution in [0.25, 0.3) is 10.4 Å². The van der Waals surface area contributed by atoms with Crippen molar-refractivity contribution in [2.75, 3.05) is 6.54 Å². The highest BCUT2D eigenvalue weighted by atomic mass is 19.1. The first kappa shape index (κ1) is 11.0. The number of primary amides is 1. The first-order chi connectivity index (χ1) is 7.16. The number of hydrogen-bond donors (Lipinski definition) is 1. The SMILES string of the molecule is [N-]=[N+]=NC[CH]c1cccc(F)c1C(N)=O. The summed E-state index contributed by atoms with van der Waals surface area (Å²) in [6.07, 6.45) is 1.43. The van der Waals surface area contributed by atoms with Crippen LogP contribution in [0.1, 0.15) is 15.9 Å². The van der Waals surface area contributed by atoms with Crippen LogP contribution in [0.3, 0.4) is 0 Å². The van der Waals surface area contributed by atoms with E-state index in [1.165, 1.54) is 18.6 Å². The fourth-order valence-electron chi connectivity index (χ4n) is 1.15. The predicted octanol–water partition coefficient (Wildman–Crippen LogP) is 1.79. The fourth-order valence-corrected chi connectivity index (χ4v) is 1.15. The number of benzene rings is 1. The summed E-state index contributed by atoms with van der Waals surface area (Å²) in [5.41, 5.74) is 13.2. The standard InChI is InChI=1S/C9H8FN4O/c10-7-3-1-2-6(4-5-13-14-12)8(7)9(11)15/h1-4H,5H2,(H2,11,15). The average molecular weight is 207 g/mol. The van der Waals surface area contributed by atoms with Gasteiger partial charge in [0.15, 0.2) is 0 Å². The molecule has 1 radical (unpaired) electrons. The summed E-state index contributed by atoms with van der Waals surface area (Å²) in [6, 6.07) is 4.12. The van der Waals surface area contributed by atoms with Gasteiger partial charge in [-0.3, -0.25) is 4.79 Å². The van der Waals surface area contributed by atoms with Crippen molar-refractivity contribution < 1.29 is 9.18 Å². The van der Waals surface area contributed by atoms with Crippen LogP contribution in [0.5, 0.6) is 0 Å². The summed E-state index contributed by atoms with van der Waals surface area (Å²) in [4.78, 5) is 13.5. The molecule has 0 aliphatic rings. The Morgan fingerprint density at radius 3 is 3.00 bits per heavy atom. The van der Waals surface area contributed by atoms with E-state index in [0.29, 0.717) is 5.56 Å². The molecule has 1 rings (SSSR count). The van der Waals surface area contributed by atoms with E-state index < -0.39 is 11.7 Å². The van der Waals surface area contributed by atoms with Crippen molar-refractivity contribution in [3.8, 4) is 0 Å². The quantitative estimate of drug-likeness (QED) is 0.455. The molecule has 1 aromatic rings. The van der Waals surface area contributed by atoms with Crippen molar-refractivity contribution in [3.05, 3.63) is 52.0 Å². The number of halogens is 1. The number of nitrogens with two attached hydrogens (primary N) is 1. The highest BCUT2D eigenvalue weighted by Gasteiger charge is 2.12. The summed E-state index contributed by atoms with van der Waals surface area (Å²) in [7, 11) is 0. The minimum Gasteiger partial charge on any atom is -0.365 e. The van der Waals surface area contributed by atoms with Gasteiger partial charge in [-0.1, -0.05) is 17.2 Å². The Hall–Kier alpha value is -2.07. The third-order valence-electron chi connectivity index (χ3n) is 1.75. The molecule has 15 heavy (non-hydrogen) atoms. The van der Waals surface area contributed by atoms with Crippen LogP contribution in [0, 0.1) is 12.2 Å². The molecule has 77 valence electrons. The molecule has 6 heteroatoms. The van der Waals surface area contributed by atoms with Crippen molar-refractivity contribution in [1.29, 1.82) is 0 Å². The molecule has 0 fully saturated rings. The topological polar surface area (TPSA) is 91.8 Å². The van der Waals surface area contributed by atoms with E-state index in [0.717, 1.165) is 6.07 Å². The van der Waals surface area contributed by atoms with E-state index in [1.54, 1.807) is 0 Å². The second-order valence-corrected chi connectivity index (χ2v) is 2.69. The van der Waals surface area contributed by atoms with Gasteiger partial charge in [0.2, 0.25) is 0 Å². The van der Waals surface area contributed by atoms with Gasteiger partial charge >= 0.3 is 0 Å². The smallest absolute Gasteiger partial charge is 0.251 e. The van der Waals surface area contributed by atoms with Gasteiger partial charge in [-0.15, -0.1) is 0 Å². The minimum absolute atomic E-state index is 0.0419. The Balaban J connectivity index is 3.00. The maximum Gasteiger partial charge on any atom is 0.251 e. The van der Waals surface area contributed by atoms with Crippen LogP contribution in [-0.4, -0.2) is 12.5 Å². The molecule has 1 amide bonds. The van der Waals surface area contributed by atoms with E-state index >= 15 is 0 Å². The lowest BCUT2D eigenvalue weighted by Gasteiger charge is -2.05. The van der Waals surface area contributed by atoms with Crippen molar-refractivity contribution >= 4 is 5.91 Å².